The van der Waals surface area contributed by atoms with Crippen LogP contribution in [0.2, 0.25) is 0 Å². The lowest BCUT2D eigenvalue weighted by molar-refractivity contribution is -0.138. The fourth-order valence-electron chi connectivity index (χ4n) is 2.28. The van der Waals surface area contributed by atoms with E-state index >= 15 is 0 Å². The summed E-state index contributed by atoms with van der Waals surface area (Å²) in [6, 6.07) is 3.74. The highest BCUT2D eigenvalue weighted by atomic mass is 16.5. The fourth-order valence-corrected chi connectivity index (χ4v) is 2.28. The minimum absolute atomic E-state index is 0.00630. The fraction of sp³-hybridized carbons (Fsp3) is 0.538. The maximum Gasteiger partial charge on any atom is 0.263 e. The first kappa shape index (κ1) is 12.8. The van der Waals surface area contributed by atoms with Crippen LogP contribution in [0.15, 0.2) is 24.5 Å². The zero-order valence-electron chi connectivity index (χ0n) is 10.6. The molecule has 1 aromatic heterocycles. The molecule has 2 heterocycles. The Kier molecular flexibility index (Phi) is 4.15. The van der Waals surface area contributed by atoms with E-state index < -0.39 is 6.10 Å². The van der Waals surface area contributed by atoms with Crippen molar-refractivity contribution < 1.29 is 9.53 Å². The maximum atomic E-state index is 12.2. The molecule has 1 saturated heterocycles. The van der Waals surface area contributed by atoms with Crippen molar-refractivity contribution in [3.8, 4) is 5.75 Å². The van der Waals surface area contributed by atoms with Crippen molar-refractivity contribution in [2.45, 2.75) is 31.9 Å². The molecule has 0 spiro atoms. The van der Waals surface area contributed by atoms with Crippen molar-refractivity contribution in [2.24, 2.45) is 5.73 Å². The molecule has 5 heteroatoms. The highest BCUT2D eigenvalue weighted by Gasteiger charge is 2.31. The van der Waals surface area contributed by atoms with Gasteiger partial charge in [-0.05, 0) is 31.9 Å². The lowest BCUT2D eigenvalue weighted by atomic mass is 10.2. The normalized spacial score (nSPS) is 20.8. The second-order valence-electron chi connectivity index (χ2n) is 4.51. The minimum atomic E-state index is -0.499. The molecule has 18 heavy (non-hydrogen) atoms. The van der Waals surface area contributed by atoms with E-state index in [9.17, 15) is 4.79 Å². The Morgan fingerprint density at radius 2 is 2.56 bits per heavy atom. The van der Waals surface area contributed by atoms with Crippen LogP contribution >= 0.6 is 0 Å². The molecule has 2 rings (SSSR count). The van der Waals surface area contributed by atoms with Crippen LogP contribution in [0.25, 0.3) is 0 Å². The second-order valence-corrected chi connectivity index (χ2v) is 4.51. The number of aromatic nitrogens is 1. The quantitative estimate of drug-likeness (QED) is 0.857. The topological polar surface area (TPSA) is 68.5 Å². The molecule has 2 N–H and O–H groups in total. The number of rotatable bonds is 4. The van der Waals surface area contributed by atoms with Gasteiger partial charge in [0, 0.05) is 25.3 Å². The van der Waals surface area contributed by atoms with E-state index in [-0.39, 0.29) is 11.9 Å². The van der Waals surface area contributed by atoms with Crippen molar-refractivity contribution in [3.63, 3.8) is 0 Å². The lowest BCUT2D eigenvalue weighted by Crippen LogP contribution is -2.45. The Bertz CT molecular complexity index is 396. The summed E-state index contributed by atoms with van der Waals surface area (Å²) in [6.45, 7) is 3.06. The maximum absolute atomic E-state index is 12.2. The molecule has 1 aliphatic rings. The third-order valence-electron chi connectivity index (χ3n) is 3.23. The summed E-state index contributed by atoms with van der Waals surface area (Å²) in [5.74, 6) is 0.619. The van der Waals surface area contributed by atoms with Gasteiger partial charge in [0.1, 0.15) is 5.75 Å². The van der Waals surface area contributed by atoms with Crippen LogP contribution in [0.3, 0.4) is 0 Å². The molecule has 1 fully saturated rings. The van der Waals surface area contributed by atoms with Crippen LogP contribution in [0.1, 0.15) is 19.8 Å². The molecule has 1 aromatic rings. The number of nitrogens with two attached hydrogens (primary N) is 1. The van der Waals surface area contributed by atoms with Crippen LogP contribution in [-0.2, 0) is 4.79 Å². The van der Waals surface area contributed by atoms with Gasteiger partial charge in [0.05, 0.1) is 6.20 Å². The number of amides is 1. The molecule has 0 unspecified atom stereocenters. The van der Waals surface area contributed by atoms with Gasteiger partial charge >= 0.3 is 0 Å². The summed E-state index contributed by atoms with van der Waals surface area (Å²) < 4.78 is 5.59. The van der Waals surface area contributed by atoms with Gasteiger partial charge in [-0.3, -0.25) is 9.78 Å². The van der Waals surface area contributed by atoms with E-state index in [0.717, 1.165) is 19.4 Å². The van der Waals surface area contributed by atoms with Crippen molar-refractivity contribution >= 4 is 5.91 Å². The van der Waals surface area contributed by atoms with E-state index in [1.54, 1.807) is 31.5 Å². The minimum Gasteiger partial charge on any atom is -0.479 e. The Hall–Kier alpha value is -1.62. The summed E-state index contributed by atoms with van der Waals surface area (Å²) in [5.41, 5.74) is 5.67. The molecule has 1 amide bonds. The smallest absolute Gasteiger partial charge is 0.263 e. The first-order valence-electron chi connectivity index (χ1n) is 6.29. The summed E-state index contributed by atoms with van der Waals surface area (Å²) in [4.78, 5) is 18.0. The summed E-state index contributed by atoms with van der Waals surface area (Å²) in [5, 5.41) is 0. The number of hydrogen-bond acceptors (Lipinski definition) is 4. The molecule has 98 valence electrons. The number of hydrogen-bond donors (Lipinski definition) is 1. The highest BCUT2D eigenvalue weighted by molar-refractivity contribution is 5.81. The van der Waals surface area contributed by atoms with E-state index in [0.29, 0.717) is 12.3 Å². The molecule has 1 aliphatic heterocycles. The Morgan fingerprint density at radius 3 is 3.22 bits per heavy atom. The third kappa shape index (κ3) is 2.79. The van der Waals surface area contributed by atoms with E-state index in [1.807, 2.05) is 4.90 Å². The predicted molar refractivity (Wildman–Crippen MR) is 68.1 cm³/mol. The zero-order chi connectivity index (χ0) is 13.0. The first-order valence-corrected chi connectivity index (χ1v) is 6.29. The molecule has 0 saturated carbocycles. The summed E-state index contributed by atoms with van der Waals surface area (Å²) >= 11 is 0. The highest BCUT2D eigenvalue weighted by Crippen LogP contribution is 2.19. The van der Waals surface area contributed by atoms with Crippen molar-refractivity contribution in [2.75, 3.05) is 13.1 Å². The molecule has 0 aromatic carbocycles. The van der Waals surface area contributed by atoms with Gasteiger partial charge in [-0.15, -0.1) is 0 Å². The van der Waals surface area contributed by atoms with E-state index in [1.165, 1.54) is 0 Å². The van der Waals surface area contributed by atoms with Gasteiger partial charge in [0.25, 0.3) is 5.91 Å². The van der Waals surface area contributed by atoms with E-state index in [2.05, 4.69) is 4.98 Å². The molecule has 2 atom stereocenters. The SMILES string of the molecule is C[C@@H](Oc1cccnc1)C(=O)N1CCC[C@@H]1CN. The average molecular weight is 249 g/mol. The number of likely N-dealkylation sites (tertiary alicyclic amines) is 1. The van der Waals surface area contributed by atoms with E-state index in [4.69, 9.17) is 10.5 Å². The molecule has 0 aliphatic carbocycles. The molecule has 0 radical (unpaired) electrons. The average Bonchev–Trinajstić information content (AvgIpc) is 2.87. The molecule has 5 nitrogen and oxygen atoms in total. The molecule has 0 bridgehead atoms. The van der Waals surface area contributed by atoms with Crippen molar-refractivity contribution in [1.29, 1.82) is 0 Å². The van der Waals surface area contributed by atoms with Gasteiger partial charge in [-0.2, -0.15) is 0 Å². The van der Waals surface area contributed by atoms with Crippen LogP contribution in [0.4, 0.5) is 0 Å². The number of carbonyl (C=O) groups excluding carboxylic acids is 1. The van der Waals surface area contributed by atoms with Gasteiger partial charge in [-0.25, -0.2) is 0 Å². The van der Waals surface area contributed by atoms with Crippen LogP contribution in [-0.4, -0.2) is 41.0 Å². The third-order valence-corrected chi connectivity index (χ3v) is 3.23. The molecular formula is C13H19N3O2. The van der Waals surface area contributed by atoms with Gasteiger partial charge in [0.2, 0.25) is 0 Å². The van der Waals surface area contributed by atoms with Crippen molar-refractivity contribution in [1.82, 2.24) is 9.88 Å². The standard InChI is InChI=1S/C13H19N3O2/c1-10(18-12-5-2-6-15-9-12)13(17)16-7-3-4-11(16)8-14/h2,5-6,9-11H,3-4,7-8,14H2,1H3/t10-,11-/m1/s1. The van der Waals surface area contributed by atoms with Gasteiger partial charge in [0.15, 0.2) is 6.10 Å². The number of ether oxygens (including phenoxy) is 1. The number of pyridine rings is 1. The Morgan fingerprint density at radius 1 is 1.72 bits per heavy atom. The Labute approximate surface area is 107 Å². The van der Waals surface area contributed by atoms with Crippen LogP contribution in [0.5, 0.6) is 5.75 Å². The van der Waals surface area contributed by atoms with Crippen molar-refractivity contribution in [3.05, 3.63) is 24.5 Å². The Balaban J connectivity index is 1.96. The number of carbonyl (C=O) groups is 1. The first-order chi connectivity index (χ1) is 8.72. The second kappa shape index (κ2) is 5.82. The monoisotopic (exact) mass is 249 g/mol. The zero-order valence-corrected chi connectivity index (χ0v) is 10.6. The van der Waals surface area contributed by atoms with Gasteiger partial charge in [-0.1, -0.05) is 0 Å². The van der Waals surface area contributed by atoms with Crippen LogP contribution < -0.4 is 10.5 Å². The largest absolute Gasteiger partial charge is 0.479 e. The summed E-state index contributed by atoms with van der Waals surface area (Å²) in [6.07, 6.45) is 4.79. The van der Waals surface area contributed by atoms with Crippen LogP contribution in [0, 0.1) is 0 Å². The summed E-state index contributed by atoms with van der Waals surface area (Å²) in [7, 11) is 0. The molecular weight excluding hydrogens is 230 g/mol. The van der Waals surface area contributed by atoms with Gasteiger partial charge < -0.3 is 15.4 Å². The number of nitrogens with zero attached hydrogens (tertiary/aromatic N) is 2. The predicted octanol–water partition coefficient (Wildman–Crippen LogP) is 0.799. The lowest BCUT2D eigenvalue weighted by Gasteiger charge is -2.26.